The van der Waals surface area contributed by atoms with Crippen molar-refractivity contribution in [1.29, 1.82) is 0 Å². The predicted molar refractivity (Wildman–Crippen MR) is 33.6 cm³/mol. The normalized spacial score (nSPS) is 30.4. The van der Waals surface area contributed by atoms with Crippen LogP contribution in [0, 0.1) is 6.42 Å². The summed E-state index contributed by atoms with van der Waals surface area (Å²) >= 11 is 0. The molecule has 1 unspecified atom stereocenters. The minimum Gasteiger partial charge on any atom is -0.378 e. The van der Waals surface area contributed by atoms with E-state index in [0.29, 0.717) is 6.10 Å². The van der Waals surface area contributed by atoms with Crippen LogP contribution in [0.3, 0.4) is 0 Å². The van der Waals surface area contributed by atoms with E-state index in [0.717, 1.165) is 13.0 Å². The average molecular weight is 113 g/mol. The molecule has 1 fully saturated rings. The first-order valence-corrected chi connectivity index (χ1v) is 3.38. The van der Waals surface area contributed by atoms with Crippen molar-refractivity contribution in [2.45, 2.75) is 32.3 Å². The van der Waals surface area contributed by atoms with Crippen molar-refractivity contribution in [2.75, 3.05) is 6.61 Å². The van der Waals surface area contributed by atoms with Crippen LogP contribution in [-0.4, -0.2) is 12.7 Å². The van der Waals surface area contributed by atoms with Gasteiger partial charge >= 0.3 is 0 Å². The van der Waals surface area contributed by atoms with Gasteiger partial charge in [0.1, 0.15) is 0 Å². The second-order valence-corrected chi connectivity index (χ2v) is 2.20. The summed E-state index contributed by atoms with van der Waals surface area (Å²) in [5.41, 5.74) is 0. The van der Waals surface area contributed by atoms with Gasteiger partial charge in [0.15, 0.2) is 0 Å². The Morgan fingerprint density at radius 2 is 2.62 bits per heavy atom. The maximum Gasteiger partial charge on any atom is 0.0604 e. The van der Waals surface area contributed by atoms with E-state index in [1.54, 1.807) is 0 Å². The summed E-state index contributed by atoms with van der Waals surface area (Å²) in [6, 6.07) is 0. The third-order valence-electron chi connectivity index (χ3n) is 1.51. The number of ether oxygens (including phenoxy) is 1. The zero-order chi connectivity index (χ0) is 5.82. The van der Waals surface area contributed by atoms with E-state index in [-0.39, 0.29) is 0 Å². The van der Waals surface area contributed by atoms with E-state index in [2.05, 4.69) is 13.3 Å². The van der Waals surface area contributed by atoms with Crippen LogP contribution in [-0.2, 0) is 4.74 Å². The highest BCUT2D eigenvalue weighted by Gasteiger charge is 2.10. The second kappa shape index (κ2) is 3.08. The predicted octanol–water partition coefficient (Wildman–Crippen LogP) is 1.78. The van der Waals surface area contributed by atoms with E-state index in [4.69, 9.17) is 4.74 Å². The summed E-state index contributed by atoms with van der Waals surface area (Å²) < 4.78 is 5.37. The van der Waals surface area contributed by atoms with Crippen LogP contribution < -0.4 is 0 Å². The molecule has 0 amide bonds. The lowest BCUT2D eigenvalue weighted by atomic mass is 10.1. The van der Waals surface area contributed by atoms with Crippen molar-refractivity contribution < 1.29 is 4.74 Å². The minimum absolute atomic E-state index is 0.462. The van der Waals surface area contributed by atoms with Gasteiger partial charge in [-0.1, -0.05) is 6.92 Å². The number of hydrogen-bond acceptors (Lipinski definition) is 1. The maximum absolute atomic E-state index is 5.37. The fourth-order valence-electron chi connectivity index (χ4n) is 0.974. The molecule has 1 saturated heterocycles. The molecule has 1 rings (SSSR count). The van der Waals surface area contributed by atoms with E-state index in [1.807, 2.05) is 0 Å². The van der Waals surface area contributed by atoms with Gasteiger partial charge in [0.25, 0.3) is 0 Å². The lowest BCUT2D eigenvalue weighted by molar-refractivity contribution is 0.0472. The Balaban J connectivity index is 2.13. The van der Waals surface area contributed by atoms with Gasteiger partial charge in [0.2, 0.25) is 0 Å². The molecule has 0 aromatic carbocycles. The van der Waals surface area contributed by atoms with Crippen molar-refractivity contribution in [3.05, 3.63) is 6.42 Å². The fraction of sp³-hybridized carbons (Fsp3) is 0.857. The highest BCUT2D eigenvalue weighted by molar-refractivity contribution is 4.78. The summed E-state index contributed by atoms with van der Waals surface area (Å²) in [5, 5.41) is 0. The smallest absolute Gasteiger partial charge is 0.0604 e. The fourth-order valence-corrected chi connectivity index (χ4v) is 0.974. The average Bonchev–Trinajstić information content (AvgIpc) is 1.90. The Morgan fingerprint density at radius 3 is 3.00 bits per heavy atom. The first kappa shape index (κ1) is 6.09. The molecule has 0 spiro atoms. The first-order chi connectivity index (χ1) is 3.93. The molecule has 0 N–H and O–H groups in total. The molecule has 1 atom stereocenters. The van der Waals surface area contributed by atoms with Crippen LogP contribution in [0.5, 0.6) is 0 Å². The summed E-state index contributed by atoms with van der Waals surface area (Å²) in [6.45, 7) is 3.13. The van der Waals surface area contributed by atoms with Gasteiger partial charge in [-0.05, 0) is 25.7 Å². The minimum atomic E-state index is 0.462. The van der Waals surface area contributed by atoms with E-state index >= 15 is 0 Å². The molecular formula is C7H13O. The Morgan fingerprint density at radius 1 is 1.75 bits per heavy atom. The highest BCUT2D eigenvalue weighted by Crippen LogP contribution is 2.13. The van der Waals surface area contributed by atoms with Gasteiger partial charge < -0.3 is 4.74 Å². The van der Waals surface area contributed by atoms with Crippen LogP contribution in [0.25, 0.3) is 0 Å². The van der Waals surface area contributed by atoms with Crippen molar-refractivity contribution >= 4 is 0 Å². The highest BCUT2D eigenvalue weighted by atomic mass is 16.5. The molecule has 0 aliphatic carbocycles. The molecule has 0 bridgehead atoms. The van der Waals surface area contributed by atoms with Gasteiger partial charge in [-0.2, -0.15) is 0 Å². The molecule has 1 heterocycles. The summed E-state index contributed by atoms with van der Waals surface area (Å²) in [5.74, 6) is 0. The standard InChI is InChI=1S/C7H13O/c1-2-7-5-3-4-6-8-7/h5,7H,2-4,6H2,1H3. The molecule has 1 radical (unpaired) electrons. The molecule has 8 heavy (non-hydrogen) atoms. The molecule has 47 valence electrons. The number of hydrogen-bond donors (Lipinski definition) is 0. The Labute approximate surface area is 51.0 Å². The van der Waals surface area contributed by atoms with Crippen molar-refractivity contribution in [1.82, 2.24) is 0 Å². The SMILES string of the molecule is CCC1[CH]CCCO1. The summed E-state index contributed by atoms with van der Waals surface area (Å²) in [7, 11) is 0. The third kappa shape index (κ3) is 1.48. The Kier molecular flexibility index (Phi) is 2.34. The molecule has 1 aliphatic heterocycles. The van der Waals surface area contributed by atoms with Gasteiger partial charge in [-0.15, -0.1) is 0 Å². The second-order valence-electron chi connectivity index (χ2n) is 2.20. The van der Waals surface area contributed by atoms with E-state index < -0.39 is 0 Å². The Bertz CT molecular complexity index is 55.4. The van der Waals surface area contributed by atoms with E-state index in [9.17, 15) is 0 Å². The largest absolute Gasteiger partial charge is 0.378 e. The molecule has 1 heteroatoms. The van der Waals surface area contributed by atoms with Crippen molar-refractivity contribution in [3.8, 4) is 0 Å². The summed E-state index contributed by atoms with van der Waals surface area (Å²) in [4.78, 5) is 0. The van der Waals surface area contributed by atoms with Gasteiger partial charge in [-0.3, -0.25) is 0 Å². The molecule has 0 saturated carbocycles. The zero-order valence-corrected chi connectivity index (χ0v) is 5.39. The lowest BCUT2D eigenvalue weighted by Crippen LogP contribution is -2.18. The van der Waals surface area contributed by atoms with Crippen LogP contribution in [0.2, 0.25) is 0 Å². The Hall–Kier alpha value is -0.0400. The molecule has 0 aromatic rings. The number of rotatable bonds is 1. The first-order valence-electron chi connectivity index (χ1n) is 3.38. The molecule has 1 nitrogen and oxygen atoms in total. The van der Waals surface area contributed by atoms with Crippen LogP contribution in [0.4, 0.5) is 0 Å². The van der Waals surface area contributed by atoms with Crippen LogP contribution >= 0.6 is 0 Å². The third-order valence-corrected chi connectivity index (χ3v) is 1.51. The van der Waals surface area contributed by atoms with Crippen LogP contribution in [0.15, 0.2) is 0 Å². The quantitative estimate of drug-likeness (QED) is 0.503. The molecule has 0 aromatic heterocycles. The van der Waals surface area contributed by atoms with Gasteiger partial charge in [0.05, 0.1) is 6.10 Å². The van der Waals surface area contributed by atoms with E-state index in [1.165, 1.54) is 12.8 Å². The monoisotopic (exact) mass is 113 g/mol. The van der Waals surface area contributed by atoms with Crippen molar-refractivity contribution in [3.63, 3.8) is 0 Å². The zero-order valence-electron chi connectivity index (χ0n) is 5.39. The van der Waals surface area contributed by atoms with Gasteiger partial charge in [-0.25, -0.2) is 0 Å². The topological polar surface area (TPSA) is 9.23 Å². The maximum atomic E-state index is 5.37. The van der Waals surface area contributed by atoms with Gasteiger partial charge in [0, 0.05) is 6.61 Å². The summed E-state index contributed by atoms with van der Waals surface area (Å²) in [6.07, 6.45) is 6.34. The molecule has 1 aliphatic rings. The lowest BCUT2D eigenvalue weighted by Gasteiger charge is -2.20. The van der Waals surface area contributed by atoms with Crippen LogP contribution in [0.1, 0.15) is 26.2 Å². The molecular weight excluding hydrogens is 100 g/mol. The van der Waals surface area contributed by atoms with Crippen molar-refractivity contribution in [2.24, 2.45) is 0 Å².